The Morgan fingerprint density at radius 1 is 1.35 bits per heavy atom. The maximum atomic E-state index is 12.3. The molecule has 0 saturated carbocycles. The van der Waals surface area contributed by atoms with Crippen molar-refractivity contribution in [3.05, 3.63) is 46.5 Å². The highest BCUT2D eigenvalue weighted by Gasteiger charge is 2.15. The van der Waals surface area contributed by atoms with Crippen LogP contribution < -0.4 is 10.1 Å². The summed E-state index contributed by atoms with van der Waals surface area (Å²) in [5.41, 5.74) is 2.52. The summed E-state index contributed by atoms with van der Waals surface area (Å²) in [4.78, 5) is 17.3. The fourth-order valence-electron chi connectivity index (χ4n) is 2.34. The molecule has 3 aromatic rings. The van der Waals surface area contributed by atoms with Gasteiger partial charge in [0.1, 0.15) is 4.88 Å². The topological polar surface area (TPSA) is 77.0 Å². The van der Waals surface area contributed by atoms with Gasteiger partial charge in [-0.05, 0) is 29.6 Å². The van der Waals surface area contributed by atoms with Crippen molar-refractivity contribution in [2.24, 2.45) is 0 Å². The number of aryl methyl sites for hydroxylation is 1. The third-order valence-corrected chi connectivity index (χ3v) is 4.29. The number of nitrogens with zero attached hydrogens (tertiary/aromatic N) is 3. The predicted octanol–water partition coefficient (Wildman–Crippen LogP) is 2.59. The van der Waals surface area contributed by atoms with Crippen LogP contribution in [-0.2, 0) is 13.0 Å². The quantitative estimate of drug-likeness (QED) is 0.779. The van der Waals surface area contributed by atoms with Crippen molar-refractivity contribution in [3.63, 3.8) is 0 Å². The van der Waals surface area contributed by atoms with Crippen molar-refractivity contribution >= 4 is 28.3 Å². The van der Waals surface area contributed by atoms with Gasteiger partial charge < -0.3 is 10.1 Å². The zero-order valence-electron chi connectivity index (χ0n) is 12.9. The van der Waals surface area contributed by atoms with Crippen LogP contribution in [0.1, 0.15) is 27.9 Å². The van der Waals surface area contributed by atoms with E-state index < -0.39 is 0 Å². The lowest BCUT2D eigenvalue weighted by Crippen LogP contribution is -2.23. The minimum atomic E-state index is -0.156. The average Bonchev–Trinajstić information content (AvgIpc) is 3.07. The van der Waals surface area contributed by atoms with Crippen LogP contribution in [-0.4, -0.2) is 27.6 Å². The maximum absolute atomic E-state index is 12.3. The van der Waals surface area contributed by atoms with Crippen molar-refractivity contribution in [2.75, 3.05) is 7.11 Å². The molecule has 0 aliphatic carbocycles. The molecule has 0 spiro atoms. The number of nitrogens with one attached hydrogen (secondary N) is 1. The molecule has 1 aromatic carbocycles. The minimum absolute atomic E-state index is 0.156. The summed E-state index contributed by atoms with van der Waals surface area (Å²) >= 11 is 1.12. The van der Waals surface area contributed by atoms with Gasteiger partial charge in [0.05, 0.1) is 18.3 Å². The number of hydrogen-bond acceptors (Lipinski definition) is 6. The SMILES string of the molecule is CCc1nnsc1C(=O)NCc1cc(OC)nc2ccccc12. The summed E-state index contributed by atoms with van der Waals surface area (Å²) in [6.07, 6.45) is 0.686. The highest BCUT2D eigenvalue weighted by molar-refractivity contribution is 7.08. The lowest BCUT2D eigenvalue weighted by Gasteiger charge is -2.10. The van der Waals surface area contributed by atoms with Gasteiger partial charge in [0.15, 0.2) is 0 Å². The molecule has 0 aliphatic rings. The summed E-state index contributed by atoms with van der Waals surface area (Å²) in [5, 5.41) is 7.89. The first kappa shape index (κ1) is 15.4. The van der Waals surface area contributed by atoms with Crippen LogP contribution in [0.15, 0.2) is 30.3 Å². The standard InChI is InChI=1S/C16H16N4O2S/c1-3-12-15(23-20-19-12)16(21)17-9-10-8-14(22-2)18-13-7-5-4-6-11(10)13/h4-8H,3,9H2,1-2H3,(H,17,21). The number of amides is 1. The third-order valence-electron chi connectivity index (χ3n) is 3.52. The molecule has 23 heavy (non-hydrogen) atoms. The molecule has 2 aromatic heterocycles. The Bertz CT molecular complexity index is 847. The lowest BCUT2D eigenvalue weighted by molar-refractivity contribution is 0.0954. The highest BCUT2D eigenvalue weighted by Crippen LogP contribution is 2.22. The van der Waals surface area contributed by atoms with E-state index in [1.807, 2.05) is 37.3 Å². The number of benzene rings is 1. The van der Waals surface area contributed by atoms with Gasteiger partial charge in [-0.3, -0.25) is 4.79 Å². The zero-order valence-corrected chi connectivity index (χ0v) is 13.7. The van der Waals surface area contributed by atoms with Gasteiger partial charge in [0, 0.05) is 18.0 Å². The van der Waals surface area contributed by atoms with E-state index >= 15 is 0 Å². The Morgan fingerprint density at radius 2 is 2.17 bits per heavy atom. The number of hydrogen-bond donors (Lipinski definition) is 1. The van der Waals surface area contributed by atoms with Crippen LogP contribution >= 0.6 is 11.5 Å². The minimum Gasteiger partial charge on any atom is -0.481 e. The van der Waals surface area contributed by atoms with Crippen molar-refractivity contribution in [1.82, 2.24) is 19.9 Å². The summed E-state index contributed by atoms with van der Waals surface area (Å²) in [7, 11) is 1.58. The first-order valence-corrected chi connectivity index (χ1v) is 8.02. The van der Waals surface area contributed by atoms with Gasteiger partial charge in [-0.25, -0.2) is 4.98 Å². The average molecular weight is 328 g/mol. The molecule has 118 valence electrons. The Hall–Kier alpha value is -2.54. The Morgan fingerprint density at radius 3 is 2.96 bits per heavy atom. The number of carbonyl (C=O) groups excluding carboxylic acids is 1. The van der Waals surface area contributed by atoms with E-state index in [0.29, 0.717) is 23.7 Å². The predicted molar refractivity (Wildman–Crippen MR) is 88.8 cm³/mol. The first-order valence-electron chi connectivity index (χ1n) is 7.25. The molecule has 2 heterocycles. The molecule has 1 amide bonds. The number of carbonyl (C=O) groups is 1. The van der Waals surface area contributed by atoms with Crippen LogP contribution in [0.4, 0.5) is 0 Å². The number of rotatable bonds is 5. The van der Waals surface area contributed by atoms with E-state index in [-0.39, 0.29) is 5.91 Å². The lowest BCUT2D eigenvalue weighted by atomic mass is 10.1. The second-order valence-electron chi connectivity index (χ2n) is 4.93. The van der Waals surface area contributed by atoms with E-state index in [9.17, 15) is 4.79 Å². The molecule has 1 N–H and O–H groups in total. The Labute approximate surface area is 137 Å². The zero-order chi connectivity index (χ0) is 16.2. The van der Waals surface area contributed by atoms with Gasteiger partial charge >= 0.3 is 0 Å². The van der Waals surface area contributed by atoms with E-state index in [4.69, 9.17) is 4.74 Å². The molecule has 3 rings (SSSR count). The van der Waals surface area contributed by atoms with E-state index in [0.717, 1.165) is 33.7 Å². The number of pyridine rings is 1. The number of aromatic nitrogens is 3. The van der Waals surface area contributed by atoms with Crippen LogP contribution in [0.2, 0.25) is 0 Å². The summed E-state index contributed by atoms with van der Waals surface area (Å²) in [6.45, 7) is 2.34. The van der Waals surface area contributed by atoms with E-state index in [1.165, 1.54) is 0 Å². The monoisotopic (exact) mass is 328 g/mol. The van der Waals surface area contributed by atoms with Crippen molar-refractivity contribution < 1.29 is 9.53 Å². The van der Waals surface area contributed by atoms with Crippen molar-refractivity contribution in [2.45, 2.75) is 19.9 Å². The molecule has 0 atom stereocenters. The molecule has 0 saturated heterocycles. The van der Waals surface area contributed by atoms with Gasteiger partial charge in [-0.15, -0.1) is 5.10 Å². The molecule has 0 bridgehead atoms. The molecule has 0 aliphatic heterocycles. The largest absolute Gasteiger partial charge is 0.481 e. The van der Waals surface area contributed by atoms with Crippen molar-refractivity contribution in [3.8, 4) is 5.88 Å². The van der Waals surface area contributed by atoms with Crippen LogP contribution in [0.3, 0.4) is 0 Å². The molecular weight excluding hydrogens is 312 g/mol. The third kappa shape index (κ3) is 3.14. The fourth-order valence-corrected chi connectivity index (χ4v) is 3.01. The molecule has 0 fully saturated rings. The van der Waals surface area contributed by atoms with E-state index in [1.54, 1.807) is 7.11 Å². The van der Waals surface area contributed by atoms with Crippen LogP contribution in [0, 0.1) is 0 Å². The highest BCUT2D eigenvalue weighted by atomic mass is 32.1. The number of methoxy groups -OCH3 is 1. The number of ether oxygens (including phenoxy) is 1. The molecule has 0 unspecified atom stereocenters. The summed E-state index contributed by atoms with van der Waals surface area (Å²) < 4.78 is 9.08. The molecular formula is C16H16N4O2S. The van der Waals surface area contributed by atoms with Gasteiger partial charge in [0.2, 0.25) is 5.88 Å². The van der Waals surface area contributed by atoms with Crippen LogP contribution in [0.25, 0.3) is 10.9 Å². The second-order valence-corrected chi connectivity index (χ2v) is 5.68. The number of para-hydroxylation sites is 1. The van der Waals surface area contributed by atoms with Gasteiger partial charge in [0.25, 0.3) is 5.91 Å². The Kier molecular flexibility index (Phi) is 4.47. The molecule has 7 heteroatoms. The van der Waals surface area contributed by atoms with Gasteiger partial charge in [-0.2, -0.15) is 0 Å². The molecule has 0 radical (unpaired) electrons. The number of fused-ring (bicyclic) bond motifs is 1. The molecule has 6 nitrogen and oxygen atoms in total. The Balaban J connectivity index is 1.85. The first-order chi connectivity index (χ1) is 11.2. The van der Waals surface area contributed by atoms with E-state index in [2.05, 4.69) is 19.9 Å². The van der Waals surface area contributed by atoms with Gasteiger partial charge in [-0.1, -0.05) is 29.6 Å². The normalized spacial score (nSPS) is 10.7. The fraction of sp³-hybridized carbons (Fsp3) is 0.250. The van der Waals surface area contributed by atoms with Crippen LogP contribution in [0.5, 0.6) is 5.88 Å². The second kappa shape index (κ2) is 6.70. The maximum Gasteiger partial charge on any atom is 0.265 e. The summed E-state index contributed by atoms with van der Waals surface area (Å²) in [5.74, 6) is 0.373. The van der Waals surface area contributed by atoms with Crippen molar-refractivity contribution in [1.29, 1.82) is 0 Å². The summed E-state index contributed by atoms with van der Waals surface area (Å²) in [6, 6.07) is 9.62. The smallest absolute Gasteiger partial charge is 0.265 e.